The molecule has 2 aromatic heterocycles. The second-order valence-electron chi connectivity index (χ2n) is 17.4. The maximum atomic E-state index is 13.9. The lowest BCUT2D eigenvalue weighted by atomic mass is 9.85. The lowest BCUT2D eigenvalue weighted by Gasteiger charge is -2.35. The molecule has 4 heterocycles. The Hall–Kier alpha value is -5.92. The Morgan fingerprint density at radius 1 is 0.828 bits per heavy atom. The largest absolute Gasteiger partial charge is 0.453 e. The number of H-pyrrole nitrogens is 2. The van der Waals surface area contributed by atoms with Crippen LogP contribution in [0.5, 0.6) is 0 Å². The zero-order valence-electron chi connectivity index (χ0n) is 34.9. The van der Waals surface area contributed by atoms with E-state index in [0.29, 0.717) is 18.9 Å². The predicted octanol–water partition coefficient (Wildman–Crippen LogP) is 7.56. The van der Waals surface area contributed by atoms with Crippen molar-refractivity contribution < 1.29 is 28.7 Å². The van der Waals surface area contributed by atoms with Crippen molar-refractivity contribution in [3.05, 3.63) is 84.7 Å². The molecule has 0 radical (unpaired) electrons. The van der Waals surface area contributed by atoms with E-state index >= 15 is 0 Å². The number of benzene rings is 2. The summed E-state index contributed by atoms with van der Waals surface area (Å²) < 4.78 is 10.2. The third-order valence-corrected chi connectivity index (χ3v) is 10.4. The first kappa shape index (κ1) is 41.7. The summed E-state index contributed by atoms with van der Waals surface area (Å²) in [5.74, 6) is 0.881. The highest BCUT2D eigenvalue weighted by atomic mass is 16.6. The second-order valence-corrected chi connectivity index (χ2v) is 17.4. The molecule has 0 aliphatic carbocycles. The number of aromatic nitrogens is 4. The van der Waals surface area contributed by atoms with Gasteiger partial charge in [-0.2, -0.15) is 0 Å². The molecule has 2 aromatic carbocycles. The van der Waals surface area contributed by atoms with E-state index in [-0.39, 0.29) is 23.8 Å². The van der Waals surface area contributed by atoms with Gasteiger partial charge in [0.25, 0.3) is 0 Å². The molecule has 0 spiro atoms. The minimum absolute atomic E-state index is 0.109. The molecule has 4 atom stereocenters. The molecular weight excluding hydrogens is 737 g/mol. The first-order valence-corrected chi connectivity index (χ1v) is 19.9. The molecule has 6 rings (SSSR count). The van der Waals surface area contributed by atoms with Gasteiger partial charge in [0.05, 0.1) is 30.7 Å². The molecule has 0 unspecified atom stereocenters. The number of carbonyl (C=O) groups is 4. The van der Waals surface area contributed by atoms with Crippen LogP contribution < -0.4 is 10.6 Å². The molecule has 58 heavy (non-hydrogen) atoms. The number of methoxy groups -OCH3 is 1. The zero-order valence-corrected chi connectivity index (χ0v) is 34.9. The fourth-order valence-corrected chi connectivity index (χ4v) is 7.38. The lowest BCUT2D eigenvalue weighted by Crippen LogP contribution is -2.55. The van der Waals surface area contributed by atoms with E-state index in [9.17, 15) is 19.2 Å². The standard InChI is InChI=1S/C44H56N8O6/c1-26(2)35(49-41(55)57-9)39(53)51-22-10-12-33(51)37-45-24-31(47-37)29-18-14-27(15-19-29)28-16-20-30(21-17-28)32-25-46-38(48-32)34-13-11-23-52(34)40(54)36(43(3,4)5)50-42(56)58-44(6,7)8/h11,13-21,24-26,33-36H,10,12,22-23H2,1-9H3,(H,45,47)(H,46,48)(H,49,55)(H,50,56)/t33-,34-,35-,36+/m0/s1. The van der Waals surface area contributed by atoms with Crippen LogP contribution in [-0.4, -0.2) is 91.6 Å². The molecule has 4 aromatic rings. The Morgan fingerprint density at radius 2 is 1.47 bits per heavy atom. The fourth-order valence-electron chi connectivity index (χ4n) is 7.38. The van der Waals surface area contributed by atoms with Crippen molar-refractivity contribution in [3.8, 4) is 33.6 Å². The van der Waals surface area contributed by atoms with Gasteiger partial charge in [-0.25, -0.2) is 19.6 Å². The average molecular weight is 793 g/mol. The summed E-state index contributed by atoms with van der Waals surface area (Å²) in [4.78, 5) is 71.9. The van der Waals surface area contributed by atoms with Gasteiger partial charge in [-0.15, -0.1) is 0 Å². The number of amides is 4. The maximum absolute atomic E-state index is 13.9. The number of aromatic amines is 2. The quantitative estimate of drug-likeness (QED) is 0.119. The third kappa shape index (κ3) is 9.43. The smallest absolute Gasteiger partial charge is 0.408 e. The minimum Gasteiger partial charge on any atom is -0.453 e. The van der Waals surface area contributed by atoms with Gasteiger partial charge >= 0.3 is 12.2 Å². The summed E-state index contributed by atoms with van der Waals surface area (Å²) in [7, 11) is 1.29. The van der Waals surface area contributed by atoms with Crippen molar-refractivity contribution in [2.45, 2.75) is 98.0 Å². The van der Waals surface area contributed by atoms with Crippen LogP contribution in [0, 0.1) is 11.3 Å². The van der Waals surface area contributed by atoms with Crippen molar-refractivity contribution in [2.24, 2.45) is 11.3 Å². The molecular formula is C44H56N8O6. The highest BCUT2D eigenvalue weighted by Crippen LogP contribution is 2.34. The van der Waals surface area contributed by atoms with Crippen LogP contribution in [0.15, 0.2) is 73.1 Å². The van der Waals surface area contributed by atoms with Crippen molar-refractivity contribution in [3.63, 3.8) is 0 Å². The van der Waals surface area contributed by atoms with Crippen LogP contribution in [0.1, 0.15) is 92.0 Å². The van der Waals surface area contributed by atoms with E-state index < -0.39 is 41.3 Å². The average Bonchev–Trinajstić information content (AvgIpc) is 4.01. The molecule has 2 aliphatic rings. The minimum atomic E-state index is -0.806. The first-order chi connectivity index (χ1) is 27.4. The number of imidazole rings is 2. The highest BCUT2D eigenvalue weighted by molar-refractivity contribution is 5.88. The van der Waals surface area contributed by atoms with E-state index in [1.807, 2.05) is 77.2 Å². The van der Waals surface area contributed by atoms with Crippen molar-refractivity contribution >= 4 is 24.0 Å². The highest BCUT2D eigenvalue weighted by Gasteiger charge is 2.41. The molecule has 0 saturated carbocycles. The van der Waals surface area contributed by atoms with Gasteiger partial charge in [0, 0.05) is 24.8 Å². The van der Waals surface area contributed by atoms with Gasteiger partial charge < -0.3 is 39.9 Å². The van der Waals surface area contributed by atoms with Gasteiger partial charge in [-0.1, -0.05) is 95.3 Å². The number of carbonyl (C=O) groups excluding carboxylic acids is 4. The van der Waals surface area contributed by atoms with Gasteiger partial charge in [-0.3, -0.25) is 9.59 Å². The van der Waals surface area contributed by atoms with Gasteiger partial charge in [0.2, 0.25) is 11.8 Å². The summed E-state index contributed by atoms with van der Waals surface area (Å²) in [6.45, 7) is 15.9. The number of likely N-dealkylation sites (tertiary alicyclic amines) is 1. The molecule has 1 fully saturated rings. The SMILES string of the molecule is COC(=O)N[C@H](C(=O)N1CCC[C@H]1c1nc(-c2ccc(-c3ccc(-c4cnc([C@@H]5C=CCN5C(=O)[C@@H](NC(=O)OC(C)(C)C)C(C)(C)C)[nH]4)cc3)cc2)c[nH]1)C(C)C. The number of nitrogens with one attached hydrogen (secondary N) is 4. The van der Waals surface area contributed by atoms with E-state index in [2.05, 4.69) is 49.9 Å². The predicted molar refractivity (Wildman–Crippen MR) is 221 cm³/mol. The number of ether oxygens (including phenoxy) is 2. The molecule has 14 nitrogen and oxygen atoms in total. The Balaban J connectivity index is 1.11. The monoisotopic (exact) mass is 792 g/mol. The Morgan fingerprint density at radius 3 is 2.07 bits per heavy atom. The fraction of sp³-hybridized carbons (Fsp3) is 0.455. The maximum Gasteiger partial charge on any atom is 0.408 e. The Kier molecular flexibility index (Phi) is 12.1. The number of hydrogen-bond acceptors (Lipinski definition) is 8. The van der Waals surface area contributed by atoms with Crippen LogP contribution in [0.25, 0.3) is 33.6 Å². The van der Waals surface area contributed by atoms with Crippen LogP contribution in [0.2, 0.25) is 0 Å². The lowest BCUT2D eigenvalue weighted by molar-refractivity contribution is -0.137. The zero-order chi connectivity index (χ0) is 41.9. The Bertz CT molecular complexity index is 2120. The van der Waals surface area contributed by atoms with Crippen LogP contribution >= 0.6 is 0 Å². The normalized spacial score (nSPS) is 18.0. The van der Waals surface area contributed by atoms with Crippen LogP contribution in [0.4, 0.5) is 9.59 Å². The van der Waals surface area contributed by atoms with Crippen molar-refractivity contribution in [1.82, 2.24) is 40.4 Å². The summed E-state index contributed by atoms with van der Waals surface area (Å²) in [6.07, 6.45) is 7.88. The first-order valence-electron chi connectivity index (χ1n) is 19.9. The van der Waals surface area contributed by atoms with E-state index in [0.717, 1.165) is 52.3 Å². The van der Waals surface area contributed by atoms with E-state index in [4.69, 9.17) is 14.5 Å². The van der Waals surface area contributed by atoms with Crippen molar-refractivity contribution in [1.29, 1.82) is 0 Å². The van der Waals surface area contributed by atoms with E-state index in [1.165, 1.54) is 7.11 Å². The number of hydrogen-bond donors (Lipinski definition) is 4. The summed E-state index contributed by atoms with van der Waals surface area (Å²) in [5.41, 5.74) is 4.32. The molecule has 4 N–H and O–H groups in total. The summed E-state index contributed by atoms with van der Waals surface area (Å²) in [6, 6.07) is 14.3. The second kappa shape index (κ2) is 16.9. The van der Waals surface area contributed by atoms with Gasteiger partial charge in [-0.05, 0) is 61.6 Å². The molecule has 1 saturated heterocycles. The molecule has 2 aliphatic heterocycles. The van der Waals surface area contributed by atoms with Crippen LogP contribution in [-0.2, 0) is 19.1 Å². The van der Waals surface area contributed by atoms with Crippen LogP contribution in [0.3, 0.4) is 0 Å². The molecule has 14 heteroatoms. The number of rotatable bonds is 10. The summed E-state index contributed by atoms with van der Waals surface area (Å²) >= 11 is 0. The summed E-state index contributed by atoms with van der Waals surface area (Å²) in [5, 5.41) is 5.50. The van der Waals surface area contributed by atoms with Crippen molar-refractivity contribution in [2.75, 3.05) is 20.2 Å². The number of nitrogens with zero attached hydrogens (tertiary/aromatic N) is 4. The van der Waals surface area contributed by atoms with E-state index in [1.54, 1.807) is 36.8 Å². The van der Waals surface area contributed by atoms with Gasteiger partial charge in [0.15, 0.2) is 0 Å². The Labute approximate surface area is 340 Å². The van der Waals surface area contributed by atoms with Gasteiger partial charge in [0.1, 0.15) is 35.4 Å². The molecule has 308 valence electrons. The topological polar surface area (TPSA) is 175 Å². The molecule has 0 bridgehead atoms. The molecule has 4 amide bonds. The third-order valence-electron chi connectivity index (χ3n) is 10.4. The number of alkyl carbamates (subject to hydrolysis) is 2.